The molecule has 0 saturated heterocycles. The second kappa shape index (κ2) is 10.4. The van der Waals surface area contributed by atoms with Crippen molar-refractivity contribution in [2.75, 3.05) is 20.2 Å². The molecule has 0 spiro atoms. The summed E-state index contributed by atoms with van der Waals surface area (Å²) in [5, 5.41) is 2.64. The van der Waals surface area contributed by atoms with E-state index in [1.807, 2.05) is 0 Å². The van der Waals surface area contributed by atoms with Crippen LogP contribution < -0.4 is 14.8 Å². The van der Waals surface area contributed by atoms with E-state index in [1.54, 1.807) is 19.9 Å². The van der Waals surface area contributed by atoms with Crippen molar-refractivity contribution in [2.45, 2.75) is 31.9 Å². The first kappa shape index (κ1) is 23.6. The van der Waals surface area contributed by atoms with Crippen molar-refractivity contribution in [3.05, 3.63) is 53.6 Å². The number of ether oxygens (including phenoxy) is 2. The summed E-state index contributed by atoms with van der Waals surface area (Å²) in [6.45, 7) is 1.11. The fourth-order valence-electron chi connectivity index (χ4n) is 2.81. The third-order valence-corrected chi connectivity index (χ3v) is 6.38. The fourth-order valence-corrected chi connectivity index (χ4v) is 4.32. The third kappa shape index (κ3) is 5.67. The summed E-state index contributed by atoms with van der Waals surface area (Å²) in [6.07, 6.45) is 0. The smallest absolute Gasteiger partial charge is 0.387 e. The second-order valence-corrected chi connectivity index (χ2v) is 8.10. The number of nitrogens with one attached hydrogen (secondary N) is 1. The Bertz CT molecular complexity index is 979. The number of carbonyl (C=O) groups excluding carboxylic acids is 1. The van der Waals surface area contributed by atoms with Gasteiger partial charge in [-0.2, -0.15) is 13.1 Å². The third-order valence-electron chi connectivity index (χ3n) is 4.34. The average molecular weight is 442 g/mol. The zero-order valence-electron chi connectivity index (χ0n) is 16.9. The highest BCUT2D eigenvalue weighted by Crippen LogP contribution is 2.29. The first-order chi connectivity index (χ1) is 14.2. The molecule has 7 nitrogen and oxygen atoms in total. The van der Waals surface area contributed by atoms with Crippen molar-refractivity contribution in [2.24, 2.45) is 0 Å². The van der Waals surface area contributed by atoms with Crippen LogP contribution in [0.3, 0.4) is 0 Å². The number of alkyl halides is 2. The fraction of sp³-hybridized carbons (Fsp3) is 0.350. The molecule has 2 aromatic carbocycles. The molecule has 0 radical (unpaired) electrons. The van der Waals surface area contributed by atoms with Crippen LogP contribution in [0.15, 0.2) is 47.4 Å². The number of amides is 1. The molecule has 0 fully saturated rings. The van der Waals surface area contributed by atoms with Gasteiger partial charge in [0.1, 0.15) is 0 Å². The summed E-state index contributed by atoms with van der Waals surface area (Å²) in [4.78, 5) is 12.5. The van der Waals surface area contributed by atoms with Crippen molar-refractivity contribution < 1.29 is 31.5 Å². The summed E-state index contributed by atoms with van der Waals surface area (Å²) in [5.74, 6) is -0.509. The molecule has 10 heteroatoms. The molecule has 1 amide bonds. The number of benzene rings is 2. The van der Waals surface area contributed by atoms with E-state index < -0.39 is 22.5 Å². The van der Waals surface area contributed by atoms with Crippen LogP contribution in [0.5, 0.6) is 11.5 Å². The average Bonchev–Trinajstić information content (AvgIpc) is 2.72. The van der Waals surface area contributed by atoms with Gasteiger partial charge in [-0.15, -0.1) is 0 Å². The van der Waals surface area contributed by atoms with Crippen molar-refractivity contribution in [1.29, 1.82) is 0 Å². The van der Waals surface area contributed by atoms with Crippen LogP contribution in [0.1, 0.15) is 29.8 Å². The second-order valence-electron chi connectivity index (χ2n) is 6.16. The van der Waals surface area contributed by atoms with E-state index >= 15 is 0 Å². The van der Waals surface area contributed by atoms with Gasteiger partial charge in [0.2, 0.25) is 10.0 Å². The van der Waals surface area contributed by atoms with Crippen LogP contribution in [-0.2, 0) is 16.6 Å². The zero-order valence-corrected chi connectivity index (χ0v) is 17.7. The van der Waals surface area contributed by atoms with Gasteiger partial charge < -0.3 is 14.8 Å². The molecule has 0 aromatic heterocycles. The Balaban J connectivity index is 2.16. The number of nitrogens with zero attached hydrogens (tertiary/aromatic N) is 1. The molecule has 0 bridgehead atoms. The standard InChI is InChI=1S/C20H24F2N2O5S/c1-4-24(5-2)30(26,27)16-8-6-7-15(12-16)19(25)23-13-14-9-10-17(28-3)18(11-14)29-20(21)22/h6-12,20H,4-5,13H2,1-3H3,(H,23,25). The maximum absolute atomic E-state index is 12.6. The molecule has 0 unspecified atom stereocenters. The van der Waals surface area contributed by atoms with Crippen LogP contribution in [0.25, 0.3) is 0 Å². The van der Waals surface area contributed by atoms with E-state index in [-0.39, 0.29) is 28.5 Å². The van der Waals surface area contributed by atoms with E-state index in [9.17, 15) is 22.0 Å². The lowest BCUT2D eigenvalue weighted by molar-refractivity contribution is -0.0512. The van der Waals surface area contributed by atoms with Gasteiger partial charge in [-0.25, -0.2) is 8.42 Å². The van der Waals surface area contributed by atoms with Gasteiger partial charge in [0.05, 0.1) is 12.0 Å². The van der Waals surface area contributed by atoms with Crippen molar-refractivity contribution >= 4 is 15.9 Å². The predicted octanol–water partition coefficient (Wildman–Crippen LogP) is 3.26. The normalized spacial score (nSPS) is 11.6. The number of rotatable bonds is 10. The highest BCUT2D eigenvalue weighted by Gasteiger charge is 2.22. The Morgan fingerprint density at radius 2 is 1.80 bits per heavy atom. The Morgan fingerprint density at radius 3 is 2.40 bits per heavy atom. The molecular weight excluding hydrogens is 418 g/mol. The number of halogens is 2. The van der Waals surface area contributed by atoms with Crippen LogP contribution in [0, 0.1) is 0 Å². The summed E-state index contributed by atoms with van der Waals surface area (Å²) in [7, 11) is -2.37. The molecule has 0 saturated carbocycles. The van der Waals surface area contributed by atoms with Crippen LogP contribution in [0.4, 0.5) is 8.78 Å². The minimum atomic E-state index is -3.70. The van der Waals surface area contributed by atoms with Crippen LogP contribution in [-0.4, -0.2) is 45.4 Å². The van der Waals surface area contributed by atoms with Gasteiger partial charge in [0.15, 0.2) is 11.5 Å². The van der Waals surface area contributed by atoms with Gasteiger partial charge in [0.25, 0.3) is 5.91 Å². The quantitative estimate of drug-likeness (QED) is 0.611. The molecule has 2 rings (SSSR count). The Morgan fingerprint density at radius 1 is 1.10 bits per heavy atom. The first-order valence-electron chi connectivity index (χ1n) is 9.23. The Labute approximate surface area is 174 Å². The minimum absolute atomic E-state index is 0.0233. The van der Waals surface area contributed by atoms with Gasteiger partial charge in [-0.05, 0) is 35.9 Å². The van der Waals surface area contributed by atoms with E-state index in [2.05, 4.69) is 10.1 Å². The molecule has 0 aliphatic rings. The molecule has 2 aromatic rings. The first-order valence-corrected chi connectivity index (χ1v) is 10.7. The zero-order chi connectivity index (χ0) is 22.3. The Hall–Kier alpha value is -2.72. The van der Waals surface area contributed by atoms with E-state index in [4.69, 9.17) is 4.74 Å². The predicted molar refractivity (Wildman–Crippen MR) is 107 cm³/mol. The summed E-state index contributed by atoms with van der Waals surface area (Å²) >= 11 is 0. The highest BCUT2D eigenvalue weighted by atomic mass is 32.2. The van der Waals surface area contributed by atoms with Crippen LogP contribution >= 0.6 is 0 Å². The molecule has 0 aliphatic carbocycles. The molecule has 0 atom stereocenters. The lowest BCUT2D eigenvalue weighted by Gasteiger charge is -2.18. The van der Waals surface area contributed by atoms with E-state index in [1.165, 1.54) is 47.8 Å². The van der Waals surface area contributed by atoms with E-state index in [0.717, 1.165) is 0 Å². The van der Waals surface area contributed by atoms with Crippen LogP contribution in [0.2, 0.25) is 0 Å². The topological polar surface area (TPSA) is 84.9 Å². The number of carbonyl (C=O) groups is 1. The largest absolute Gasteiger partial charge is 0.493 e. The summed E-state index contributed by atoms with van der Waals surface area (Å²) < 4.78 is 61.1. The summed E-state index contributed by atoms with van der Waals surface area (Å²) in [6, 6.07) is 10.1. The van der Waals surface area contributed by atoms with Gasteiger partial charge in [-0.1, -0.05) is 26.0 Å². The monoisotopic (exact) mass is 442 g/mol. The van der Waals surface area contributed by atoms with Crippen molar-refractivity contribution in [1.82, 2.24) is 9.62 Å². The maximum Gasteiger partial charge on any atom is 0.387 e. The minimum Gasteiger partial charge on any atom is -0.493 e. The molecule has 0 aliphatic heterocycles. The molecule has 164 valence electrons. The summed E-state index contributed by atoms with van der Waals surface area (Å²) in [5.41, 5.74) is 0.674. The molecule has 1 N–H and O–H groups in total. The SMILES string of the molecule is CCN(CC)S(=O)(=O)c1cccc(C(=O)NCc2ccc(OC)c(OC(F)F)c2)c1. The van der Waals surface area contributed by atoms with Gasteiger partial charge in [0, 0.05) is 25.2 Å². The van der Waals surface area contributed by atoms with E-state index in [0.29, 0.717) is 18.7 Å². The number of methoxy groups -OCH3 is 1. The molecular formula is C20H24F2N2O5S. The number of hydrogen-bond acceptors (Lipinski definition) is 5. The van der Waals surface area contributed by atoms with Gasteiger partial charge in [-0.3, -0.25) is 4.79 Å². The Kier molecular flexibility index (Phi) is 8.13. The highest BCUT2D eigenvalue weighted by molar-refractivity contribution is 7.89. The number of hydrogen-bond donors (Lipinski definition) is 1. The lowest BCUT2D eigenvalue weighted by atomic mass is 10.1. The maximum atomic E-state index is 12.6. The van der Waals surface area contributed by atoms with Crippen molar-refractivity contribution in [3.8, 4) is 11.5 Å². The molecule has 30 heavy (non-hydrogen) atoms. The van der Waals surface area contributed by atoms with Gasteiger partial charge >= 0.3 is 6.61 Å². The van der Waals surface area contributed by atoms with Crippen molar-refractivity contribution in [3.63, 3.8) is 0 Å². The number of sulfonamides is 1. The molecule has 0 heterocycles. The lowest BCUT2D eigenvalue weighted by Crippen LogP contribution is -2.31.